The second-order valence-corrected chi connectivity index (χ2v) is 6.44. The molecule has 0 saturated heterocycles. The van der Waals surface area contributed by atoms with Crippen LogP contribution < -0.4 is 5.32 Å². The van der Waals surface area contributed by atoms with E-state index in [0.717, 1.165) is 24.8 Å². The lowest BCUT2D eigenvalue weighted by Gasteiger charge is -2.16. The third-order valence-corrected chi connectivity index (χ3v) is 4.04. The second kappa shape index (κ2) is 7.04. The molecule has 0 aromatic carbocycles. The van der Waals surface area contributed by atoms with Gasteiger partial charge in [0.05, 0.1) is 6.54 Å². The van der Waals surface area contributed by atoms with E-state index in [1.54, 1.807) is 6.33 Å². The van der Waals surface area contributed by atoms with Crippen molar-refractivity contribution >= 4 is 0 Å². The molecule has 0 aliphatic heterocycles. The summed E-state index contributed by atoms with van der Waals surface area (Å²) in [6.45, 7) is 8.61. The van der Waals surface area contributed by atoms with Crippen LogP contribution in [-0.2, 0) is 13.1 Å². The first-order valence-electron chi connectivity index (χ1n) is 7.75. The SMILES string of the molecule is CC(C)Cn1ncnc1CNC1CCCC(C)CC1. The van der Waals surface area contributed by atoms with Gasteiger partial charge in [0.2, 0.25) is 0 Å². The van der Waals surface area contributed by atoms with Gasteiger partial charge in [0, 0.05) is 12.6 Å². The Hall–Kier alpha value is -0.900. The maximum absolute atomic E-state index is 4.38. The van der Waals surface area contributed by atoms with Gasteiger partial charge in [-0.2, -0.15) is 5.10 Å². The van der Waals surface area contributed by atoms with Crippen LogP contribution in [0.1, 0.15) is 58.7 Å². The van der Waals surface area contributed by atoms with Crippen molar-refractivity contribution in [3.63, 3.8) is 0 Å². The highest BCUT2D eigenvalue weighted by molar-refractivity contribution is 4.86. The predicted molar refractivity (Wildman–Crippen MR) is 77.7 cm³/mol. The van der Waals surface area contributed by atoms with Gasteiger partial charge in [0.25, 0.3) is 0 Å². The fourth-order valence-electron chi connectivity index (χ4n) is 2.85. The molecule has 108 valence electrons. The van der Waals surface area contributed by atoms with Crippen molar-refractivity contribution in [1.29, 1.82) is 0 Å². The number of nitrogens with one attached hydrogen (secondary N) is 1. The molecule has 0 spiro atoms. The van der Waals surface area contributed by atoms with E-state index < -0.39 is 0 Å². The Morgan fingerprint density at radius 1 is 1.32 bits per heavy atom. The largest absolute Gasteiger partial charge is 0.307 e. The smallest absolute Gasteiger partial charge is 0.140 e. The molecule has 19 heavy (non-hydrogen) atoms. The zero-order valence-corrected chi connectivity index (χ0v) is 12.6. The lowest BCUT2D eigenvalue weighted by atomic mass is 10.0. The monoisotopic (exact) mass is 264 g/mol. The van der Waals surface area contributed by atoms with Crippen LogP contribution in [0, 0.1) is 11.8 Å². The van der Waals surface area contributed by atoms with E-state index in [2.05, 4.69) is 36.2 Å². The third-order valence-electron chi connectivity index (χ3n) is 4.04. The maximum Gasteiger partial charge on any atom is 0.140 e. The Kier molecular flexibility index (Phi) is 5.37. The lowest BCUT2D eigenvalue weighted by Crippen LogP contribution is -2.29. The molecule has 1 fully saturated rings. The van der Waals surface area contributed by atoms with Crippen molar-refractivity contribution < 1.29 is 0 Å². The fourth-order valence-corrected chi connectivity index (χ4v) is 2.85. The van der Waals surface area contributed by atoms with Crippen LogP contribution in [0.2, 0.25) is 0 Å². The summed E-state index contributed by atoms with van der Waals surface area (Å²) >= 11 is 0. The molecule has 1 aliphatic carbocycles. The second-order valence-electron chi connectivity index (χ2n) is 6.44. The van der Waals surface area contributed by atoms with Gasteiger partial charge >= 0.3 is 0 Å². The Morgan fingerprint density at radius 2 is 2.16 bits per heavy atom. The first kappa shape index (κ1) is 14.5. The van der Waals surface area contributed by atoms with Crippen LogP contribution in [0.4, 0.5) is 0 Å². The molecule has 1 aromatic rings. The first-order valence-corrected chi connectivity index (χ1v) is 7.75. The van der Waals surface area contributed by atoms with E-state index in [1.807, 2.05) is 4.68 Å². The van der Waals surface area contributed by atoms with E-state index >= 15 is 0 Å². The number of hydrogen-bond donors (Lipinski definition) is 1. The fraction of sp³-hybridized carbons (Fsp3) is 0.867. The van der Waals surface area contributed by atoms with E-state index in [1.165, 1.54) is 32.1 Å². The molecule has 2 rings (SSSR count). The van der Waals surface area contributed by atoms with Gasteiger partial charge in [-0.1, -0.05) is 33.6 Å². The molecule has 1 aromatic heterocycles. The van der Waals surface area contributed by atoms with Crippen LogP contribution in [0.15, 0.2) is 6.33 Å². The number of aromatic nitrogens is 3. The summed E-state index contributed by atoms with van der Waals surface area (Å²) in [5, 5.41) is 7.99. The van der Waals surface area contributed by atoms with Gasteiger partial charge in [0.1, 0.15) is 12.2 Å². The molecule has 1 heterocycles. The molecular weight excluding hydrogens is 236 g/mol. The zero-order valence-electron chi connectivity index (χ0n) is 12.6. The molecule has 0 radical (unpaired) electrons. The minimum atomic E-state index is 0.610. The molecule has 1 N–H and O–H groups in total. The molecule has 4 heteroatoms. The van der Waals surface area contributed by atoms with Crippen LogP contribution >= 0.6 is 0 Å². The molecule has 4 nitrogen and oxygen atoms in total. The summed E-state index contributed by atoms with van der Waals surface area (Å²) in [5.74, 6) is 2.58. The average molecular weight is 264 g/mol. The van der Waals surface area contributed by atoms with Crippen molar-refractivity contribution in [2.24, 2.45) is 11.8 Å². The van der Waals surface area contributed by atoms with Crippen LogP contribution in [0.25, 0.3) is 0 Å². The van der Waals surface area contributed by atoms with Crippen LogP contribution in [0.5, 0.6) is 0 Å². The minimum absolute atomic E-state index is 0.610. The summed E-state index contributed by atoms with van der Waals surface area (Å²) in [6.07, 6.45) is 8.40. The van der Waals surface area contributed by atoms with Crippen molar-refractivity contribution in [3.8, 4) is 0 Å². The van der Waals surface area contributed by atoms with Crippen molar-refractivity contribution in [2.45, 2.75) is 72.0 Å². The molecular formula is C15H28N4. The summed E-state index contributed by atoms with van der Waals surface area (Å²) in [6, 6.07) is 0.661. The molecule has 2 atom stereocenters. The van der Waals surface area contributed by atoms with E-state index in [-0.39, 0.29) is 0 Å². The standard InChI is InChI=1S/C15H28N4/c1-12(2)10-19-15(17-11-18-19)9-16-14-6-4-5-13(3)7-8-14/h11-14,16H,4-10H2,1-3H3. The van der Waals surface area contributed by atoms with Gasteiger partial charge in [-0.15, -0.1) is 0 Å². The van der Waals surface area contributed by atoms with Crippen molar-refractivity contribution in [1.82, 2.24) is 20.1 Å². The summed E-state index contributed by atoms with van der Waals surface area (Å²) in [7, 11) is 0. The van der Waals surface area contributed by atoms with Crippen molar-refractivity contribution in [3.05, 3.63) is 12.2 Å². The summed E-state index contributed by atoms with van der Waals surface area (Å²) in [5.41, 5.74) is 0. The predicted octanol–water partition coefficient (Wildman–Crippen LogP) is 2.99. The number of rotatable bonds is 5. The van der Waals surface area contributed by atoms with Crippen molar-refractivity contribution in [2.75, 3.05) is 0 Å². The van der Waals surface area contributed by atoms with E-state index in [4.69, 9.17) is 0 Å². The topological polar surface area (TPSA) is 42.7 Å². The maximum atomic E-state index is 4.38. The summed E-state index contributed by atoms with van der Waals surface area (Å²) < 4.78 is 2.04. The average Bonchev–Trinajstić information content (AvgIpc) is 2.67. The number of nitrogens with zero attached hydrogens (tertiary/aromatic N) is 3. The van der Waals surface area contributed by atoms with Gasteiger partial charge < -0.3 is 5.32 Å². The zero-order chi connectivity index (χ0) is 13.7. The van der Waals surface area contributed by atoms with E-state index in [9.17, 15) is 0 Å². The molecule has 0 amide bonds. The number of hydrogen-bond acceptors (Lipinski definition) is 3. The Balaban J connectivity index is 1.83. The quantitative estimate of drug-likeness (QED) is 0.831. The Morgan fingerprint density at radius 3 is 2.95 bits per heavy atom. The Labute approximate surface area is 117 Å². The highest BCUT2D eigenvalue weighted by Gasteiger charge is 2.16. The molecule has 1 aliphatic rings. The van der Waals surface area contributed by atoms with Gasteiger partial charge in [-0.05, 0) is 31.1 Å². The summed E-state index contributed by atoms with van der Waals surface area (Å²) in [4.78, 5) is 4.38. The normalized spacial score (nSPS) is 24.6. The van der Waals surface area contributed by atoms with Gasteiger partial charge in [-0.3, -0.25) is 0 Å². The molecule has 2 unspecified atom stereocenters. The highest BCUT2D eigenvalue weighted by Crippen LogP contribution is 2.22. The molecule has 0 bridgehead atoms. The first-order chi connectivity index (χ1) is 9.15. The van der Waals surface area contributed by atoms with Gasteiger partial charge in [-0.25, -0.2) is 9.67 Å². The third kappa shape index (κ3) is 4.60. The lowest BCUT2D eigenvalue weighted by molar-refractivity contribution is 0.417. The van der Waals surface area contributed by atoms with Gasteiger partial charge in [0.15, 0.2) is 0 Å². The Bertz CT molecular complexity index is 372. The van der Waals surface area contributed by atoms with E-state index in [0.29, 0.717) is 12.0 Å². The molecule has 1 saturated carbocycles. The van der Waals surface area contributed by atoms with Crippen LogP contribution in [0.3, 0.4) is 0 Å². The highest BCUT2D eigenvalue weighted by atomic mass is 15.3. The van der Waals surface area contributed by atoms with Crippen LogP contribution in [-0.4, -0.2) is 20.8 Å². The minimum Gasteiger partial charge on any atom is -0.307 e.